The first-order valence-electron chi connectivity index (χ1n) is 9.09. The first-order chi connectivity index (χ1) is 13.7. The Balaban J connectivity index is 2.28. The minimum Gasteiger partial charge on any atom is -0.339 e. The van der Waals surface area contributed by atoms with Crippen LogP contribution in [0, 0.1) is 5.82 Å². The smallest absolute Gasteiger partial charge is 0.255 e. The van der Waals surface area contributed by atoms with Gasteiger partial charge in [-0.2, -0.15) is 0 Å². The standard InChI is InChI=1S/C20H24FN3O4S/c1-4-23(5-2)20(26)15-10-6-8-12-17(15)22-19(25)14-24(29(3,27)28)18-13-9-7-11-16(18)21/h6-13H,4-5,14H2,1-3H3,(H,22,25). The van der Waals surface area contributed by atoms with Crippen molar-refractivity contribution in [2.75, 3.05) is 35.5 Å². The molecule has 0 radical (unpaired) electrons. The minimum atomic E-state index is -3.92. The van der Waals surface area contributed by atoms with Gasteiger partial charge in [0.05, 0.1) is 23.2 Å². The molecule has 2 amide bonds. The second kappa shape index (κ2) is 9.51. The third-order valence-electron chi connectivity index (χ3n) is 4.29. The van der Waals surface area contributed by atoms with Gasteiger partial charge in [0.1, 0.15) is 12.4 Å². The highest BCUT2D eigenvalue weighted by atomic mass is 32.2. The molecule has 2 aromatic carbocycles. The maximum absolute atomic E-state index is 14.1. The highest BCUT2D eigenvalue weighted by Gasteiger charge is 2.24. The molecule has 0 aliphatic rings. The molecule has 1 N–H and O–H groups in total. The van der Waals surface area contributed by atoms with Crippen molar-refractivity contribution in [2.24, 2.45) is 0 Å². The summed E-state index contributed by atoms with van der Waals surface area (Å²) in [5.74, 6) is -1.71. The normalized spacial score (nSPS) is 11.0. The van der Waals surface area contributed by atoms with Gasteiger partial charge in [-0.1, -0.05) is 24.3 Å². The summed E-state index contributed by atoms with van der Waals surface area (Å²) in [5.41, 5.74) is 0.329. The highest BCUT2D eigenvalue weighted by molar-refractivity contribution is 7.92. The van der Waals surface area contributed by atoms with E-state index in [4.69, 9.17) is 0 Å². The lowest BCUT2D eigenvalue weighted by atomic mass is 10.1. The fourth-order valence-corrected chi connectivity index (χ4v) is 3.67. The summed E-state index contributed by atoms with van der Waals surface area (Å²) in [7, 11) is -3.92. The lowest BCUT2D eigenvalue weighted by Gasteiger charge is -2.23. The molecule has 156 valence electrons. The number of carbonyl (C=O) groups is 2. The van der Waals surface area contributed by atoms with E-state index < -0.39 is 28.3 Å². The fraction of sp³-hybridized carbons (Fsp3) is 0.300. The van der Waals surface area contributed by atoms with Crippen LogP contribution in [0.2, 0.25) is 0 Å². The Morgan fingerprint density at radius 1 is 1.00 bits per heavy atom. The first kappa shape index (κ1) is 22.4. The molecule has 0 unspecified atom stereocenters. The van der Waals surface area contributed by atoms with Gasteiger partial charge < -0.3 is 10.2 Å². The lowest BCUT2D eigenvalue weighted by molar-refractivity contribution is -0.114. The van der Waals surface area contributed by atoms with Gasteiger partial charge in [-0.3, -0.25) is 13.9 Å². The van der Waals surface area contributed by atoms with Crippen LogP contribution in [0.3, 0.4) is 0 Å². The number of hydrogen-bond acceptors (Lipinski definition) is 4. The maximum atomic E-state index is 14.1. The Morgan fingerprint density at radius 2 is 1.59 bits per heavy atom. The summed E-state index contributed by atoms with van der Waals surface area (Å²) >= 11 is 0. The van der Waals surface area contributed by atoms with Crippen LogP contribution >= 0.6 is 0 Å². The van der Waals surface area contributed by atoms with Crippen molar-refractivity contribution >= 4 is 33.2 Å². The number of para-hydroxylation sites is 2. The van der Waals surface area contributed by atoms with E-state index in [0.29, 0.717) is 23.0 Å². The van der Waals surface area contributed by atoms with E-state index in [-0.39, 0.29) is 17.3 Å². The number of anilines is 2. The number of rotatable bonds is 8. The second-order valence-electron chi connectivity index (χ2n) is 6.29. The van der Waals surface area contributed by atoms with Gasteiger partial charge in [0.25, 0.3) is 5.91 Å². The molecular weight excluding hydrogens is 397 g/mol. The van der Waals surface area contributed by atoms with Crippen molar-refractivity contribution in [3.8, 4) is 0 Å². The third kappa shape index (κ3) is 5.54. The van der Waals surface area contributed by atoms with E-state index in [1.165, 1.54) is 18.2 Å². The molecule has 2 rings (SSSR count). The van der Waals surface area contributed by atoms with Gasteiger partial charge in [0.15, 0.2) is 0 Å². The van der Waals surface area contributed by atoms with E-state index in [0.717, 1.165) is 12.3 Å². The van der Waals surface area contributed by atoms with Crippen molar-refractivity contribution in [1.29, 1.82) is 0 Å². The molecule has 0 aromatic heterocycles. The zero-order valence-electron chi connectivity index (χ0n) is 16.6. The molecule has 7 nitrogen and oxygen atoms in total. The average molecular weight is 421 g/mol. The number of hydrogen-bond donors (Lipinski definition) is 1. The summed E-state index contributed by atoms with van der Waals surface area (Å²) in [4.78, 5) is 26.9. The molecule has 0 heterocycles. The van der Waals surface area contributed by atoms with Gasteiger partial charge >= 0.3 is 0 Å². The molecule has 29 heavy (non-hydrogen) atoms. The summed E-state index contributed by atoms with van der Waals surface area (Å²) in [5, 5.41) is 2.57. The fourth-order valence-electron chi connectivity index (χ4n) is 2.82. The minimum absolute atomic E-state index is 0.224. The molecule has 0 aliphatic carbocycles. The van der Waals surface area contributed by atoms with E-state index >= 15 is 0 Å². The number of carbonyl (C=O) groups excluding carboxylic acids is 2. The summed E-state index contributed by atoms with van der Waals surface area (Å²) in [6.45, 7) is 4.08. The number of amides is 2. The van der Waals surface area contributed by atoms with Crippen LogP contribution in [0.4, 0.5) is 15.8 Å². The monoisotopic (exact) mass is 421 g/mol. The van der Waals surface area contributed by atoms with Gasteiger partial charge in [0, 0.05) is 13.1 Å². The summed E-state index contributed by atoms with van der Waals surface area (Å²) < 4.78 is 39.0. The largest absolute Gasteiger partial charge is 0.339 e. The van der Waals surface area contributed by atoms with Crippen molar-refractivity contribution < 1.29 is 22.4 Å². The molecule has 9 heteroatoms. The summed E-state index contributed by atoms with van der Waals surface area (Å²) in [6, 6.07) is 11.8. The molecule has 2 aromatic rings. The number of nitrogens with zero attached hydrogens (tertiary/aromatic N) is 2. The average Bonchev–Trinajstić information content (AvgIpc) is 2.67. The molecule has 0 saturated carbocycles. The van der Waals surface area contributed by atoms with Crippen molar-refractivity contribution in [1.82, 2.24) is 4.90 Å². The summed E-state index contributed by atoms with van der Waals surface area (Å²) in [6.07, 6.45) is 0.893. The van der Waals surface area contributed by atoms with Gasteiger partial charge in [0.2, 0.25) is 15.9 Å². The first-order valence-corrected chi connectivity index (χ1v) is 10.9. The van der Waals surface area contributed by atoms with E-state index in [1.54, 1.807) is 29.2 Å². The third-order valence-corrected chi connectivity index (χ3v) is 5.42. The van der Waals surface area contributed by atoms with Crippen LogP contribution in [0.5, 0.6) is 0 Å². The highest BCUT2D eigenvalue weighted by Crippen LogP contribution is 2.22. The zero-order valence-corrected chi connectivity index (χ0v) is 17.4. The number of sulfonamides is 1. The van der Waals surface area contributed by atoms with E-state index in [2.05, 4.69) is 5.32 Å². The lowest BCUT2D eigenvalue weighted by Crippen LogP contribution is -2.38. The molecule has 0 bridgehead atoms. The predicted octanol–water partition coefficient (Wildman–Crippen LogP) is 2.71. The number of nitrogens with one attached hydrogen (secondary N) is 1. The SMILES string of the molecule is CCN(CC)C(=O)c1ccccc1NC(=O)CN(c1ccccc1F)S(C)(=O)=O. The van der Waals surface area contributed by atoms with Crippen LogP contribution in [-0.4, -0.2) is 51.0 Å². The molecule has 0 atom stereocenters. The predicted molar refractivity (Wildman–Crippen MR) is 111 cm³/mol. The zero-order chi connectivity index (χ0) is 21.6. The van der Waals surface area contributed by atoms with E-state index in [1.807, 2.05) is 13.8 Å². The van der Waals surface area contributed by atoms with Gasteiger partial charge in [-0.15, -0.1) is 0 Å². The molecule has 0 spiro atoms. The Hall–Kier alpha value is -2.94. The molecule has 0 saturated heterocycles. The van der Waals surface area contributed by atoms with Crippen molar-refractivity contribution in [3.05, 3.63) is 59.9 Å². The molecule has 0 fully saturated rings. The maximum Gasteiger partial charge on any atom is 0.255 e. The molecule has 0 aliphatic heterocycles. The molecular formula is C20H24FN3O4S. The van der Waals surface area contributed by atoms with Crippen molar-refractivity contribution in [3.63, 3.8) is 0 Å². The van der Waals surface area contributed by atoms with E-state index in [9.17, 15) is 22.4 Å². The van der Waals surface area contributed by atoms with Crippen molar-refractivity contribution in [2.45, 2.75) is 13.8 Å². The number of halogens is 1. The Morgan fingerprint density at radius 3 is 2.17 bits per heavy atom. The van der Waals surface area contributed by atoms with Crippen LogP contribution in [-0.2, 0) is 14.8 Å². The quantitative estimate of drug-likeness (QED) is 0.710. The Bertz CT molecular complexity index is 991. The van der Waals surface area contributed by atoms with Crippen LogP contribution < -0.4 is 9.62 Å². The van der Waals surface area contributed by atoms with Gasteiger partial charge in [-0.25, -0.2) is 12.8 Å². The number of benzene rings is 2. The van der Waals surface area contributed by atoms with Gasteiger partial charge in [-0.05, 0) is 38.1 Å². The Kier molecular flexibility index (Phi) is 7.33. The van der Waals surface area contributed by atoms with Crippen LogP contribution in [0.15, 0.2) is 48.5 Å². The second-order valence-corrected chi connectivity index (χ2v) is 8.20. The van der Waals surface area contributed by atoms with Crippen LogP contribution in [0.1, 0.15) is 24.2 Å². The van der Waals surface area contributed by atoms with Crippen LogP contribution in [0.25, 0.3) is 0 Å². The Labute approximate surface area is 170 Å². The topological polar surface area (TPSA) is 86.8 Å².